The van der Waals surface area contributed by atoms with Crippen LogP contribution >= 0.6 is 0 Å². The number of halogens is 4. The summed E-state index contributed by atoms with van der Waals surface area (Å²) >= 11 is 0. The Balaban J connectivity index is 1.81. The number of benzene rings is 2. The standard InChI is InChI=1S/C28H33F4N5O2/c1-17(2)33-25(38)16-37-26(21-8-6-19(14-23(21)29)28(30,31)32)34-24-9-7-20(15-22(24)27(37)39)36-11-5-10-35(12-13-36)18(3)4/h6-9,14-15,17-18H,5,10-13,16H2,1-4H3,(H,33,38). The van der Waals surface area contributed by atoms with Gasteiger partial charge in [0.25, 0.3) is 5.56 Å². The van der Waals surface area contributed by atoms with Gasteiger partial charge in [0.15, 0.2) is 0 Å². The highest BCUT2D eigenvalue weighted by atomic mass is 19.4. The van der Waals surface area contributed by atoms with Gasteiger partial charge >= 0.3 is 6.18 Å². The SMILES string of the molecule is CC(C)NC(=O)Cn1c(-c2ccc(C(F)(F)F)cc2F)nc2ccc(N3CCCN(C(C)C)CC3)cc2c1=O. The second kappa shape index (κ2) is 11.3. The smallest absolute Gasteiger partial charge is 0.370 e. The Hall–Kier alpha value is -3.47. The number of rotatable bonds is 6. The van der Waals surface area contributed by atoms with E-state index in [4.69, 9.17) is 0 Å². The predicted molar refractivity (Wildman–Crippen MR) is 143 cm³/mol. The Morgan fingerprint density at radius 3 is 2.41 bits per heavy atom. The van der Waals surface area contributed by atoms with Crippen molar-refractivity contribution < 1.29 is 22.4 Å². The lowest BCUT2D eigenvalue weighted by Crippen LogP contribution is -2.37. The molecule has 39 heavy (non-hydrogen) atoms. The lowest BCUT2D eigenvalue weighted by Gasteiger charge is -2.26. The summed E-state index contributed by atoms with van der Waals surface area (Å²) in [6.07, 6.45) is -3.77. The molecule has 7 nitrogen and oxygen atoms in total. The first-order valence-electron chi connectivity index (χ1n) is 13.0. The first-order valence-corrected chi connectivity index (χ1v) is 13.0. The highest BCUT2D eigenvalue weighted by Crippen LogP contribution is 2.33. The zero-order chi connectivity index (χ0) is 28.5. The average Bonchev–Trinajstić information content (AvgIpc) is 3.11. The van der Waals surface area contributed by atoms with Crippen molar-refractivity contribution in [2.75, 3.05) is 31.1 Å². The molecule has 0 saturated carbocycles. The van der Waals surface area contributed by atoms with Crippen LogP contribution in [0.25, 0.3) is 22.3 Å². The number of amides is 1. The molecule has 0 unspecified atom stereocenters. The Morgan fingerprint density at radius 2 is 1.77 bits per heavy atom. The number of fused-ring (bicyclic) bond motifs is 1. The van der Waals surface area contributed by atoms with Crippen molar-refractivity contribution in [3.8, 4) is 11.4 Å². The first-order chi connectivity index (χ1) is 18.3. The van der Waals surface area contributed by atoms with E-state index < -0.39 is 35.6 Å². The summed E-state index contributed by atoms with van der Waals surface area (Å²) in [6.45, 7) is 10.8. The lowest BCUT2D eigenvalue weighted by molar-refractivity contribution is -0.137. The van der Waals surface area contributed by atoms with Crippen LogP contribution in [0.5, 0.6) is 0 Å². The molecule has 1 N–H and O–H groups in total. The highest BCUT2D eigenvalue weighted by molar-refractivity contribution is 5.84. The van der Waals surface area contributed by atoms with Gasteiger partial charge in [0, 0.05) is 44.0 Å². The summed E-state index contributed by atoms with van der Waals surface area (Å²) in [7, 11) is 0. The van der Waals surface area contributed by atoms with Gasteiger partial charge in [-0.25, -0.2) is 9.37 Å². The molecule has 2 heterocycles. The third-order valence-corrected chi connectivity index (χ3v) is 6.85. The van der Waals surface area contributed by atoms with Crippen LogP contribution < -0.4 is 15.8 Å². The van der Waals surface area contributed by atoms with E-state index in [2.05, 4.69) is 33.9 Å². The average molecular weight is 548 g/mol. The van der Waals surface area contributed by atoms with E-state index in [1.54, 1.807) is 26.0 Å². The third kappa shape index (κ3) is 6.41. The largest absolute Gasteiger partial charge is 0.416 e. The van der Waals surface area contributed by atoms with Gasteiger partial charge < -0.3 is 10.2 Å². The molecule has 1 aliphatic rings. The fourth-order valence-electron chi connectivity index (χ4n) is 4.85. The molecule has 3 aromatic rings. The van der Waals surface area contributed by atoms with Crippen LogP contribution in [0.15, 0.2) is 41.2 Å². The first kappa shape index (κ1) is 28.5. The predicted octanol–water partition coefficient (Wildman–Crippen LogP) is 4.67. The molecule has 0 aliphatic carbocycles. The number of alkyl halides is 3. The molecule has 1 saturated heterocycles. The summed E-state index contributed by atoms with van der Waals surface area (Å²) < 4.78 is 55.4. The molecule has 0 spiro atoms. The van der Waals surface area contributed by atoms with Crippen LogP contribution in [0.2, 0.25) is 0 Å². The van der Waals surface area contributed by atoms with Gasteiger partial charge in [-0.1, -0.05) is 0 Å². The zero-order valence-corrected chi connectivity index (χ0v) is 22.5. The Morgan fingerprint density at radius 1 is 1.03 bits per heavy atom. The van der Waals surface area contributed by atoms with Gasteiger partial charge in [0.1, 0.15) is 18.2 Å². The zero-order valence-electron chi connectivity index (χ0n) is 22.5. The quantitative estimate of drug-likeness (QED) is 0.455. The molecule has 1 fully saturated rings. The van der Waals surface area contributed by atoms with E-state index in [1.165, 1.54) is 0 Å². The summed E-state index contributed by atoms with van der Waals surface area (Å²) in [5.41, 5.74) is -0.941. The van der Waals surface area contributed by atoms with Gasteiger partial charge in [-0.15, -0.1) is 0 Å². The maximum Gasteiger partial charge on any atom is 0.416 e. The lowest BCUT2D eigenvalue weighted by atomic mass is 10.1. The van der Waals surface area contributed by atoms with Gasteiger partial charge in [-0.05, 0) is 70.5 Å². The number of carbonyl (C=O) groups is 1. The van der Waals surface area contributed by atoms with E-state index in [0.29, 0.717) is 12.1 Å². The van der Waals surface area contributed by atoms with E-state index in [9.17, 15) is 27.2 Å². The number of anilines is 1. The Labute approximate surface area is 224 Å². The van der Waals surface area contributed by atoms with E-state index in [-0.39, 0.29) is 28.3 Å². The number of nitrogens with one attached hydrogen (secondary N) is 1. The molecule has 2 aromatic carbocycles. The Bertz CT molecular complexity index is 1420. The monoisotopic (exact) mass is 547 g/mol. The summed E-state index contributed by atoms with van der Waals surface area (Å²) in [4.78, 5) is 35.4. The summed E-state index contributed by atoms with van der Waals surface area (Å²) in [6, 6.07) is 7.47. The van der Waals surface area contributed by atoms with Crippen molar-refractivity contribution in [1.29, 1.82) is 0 Å². The van der Waals surface area contributed by atoms with Crippen LogP contribution in [0.1, 0.15) is 39.7 Å². The van der Waals surface area contributed by atoms with Gasteiger partial charge in [0.05, 0.1) is 22.0 Å². The molecular formula is C28H33F4N5O2. The maximum absolute atomic E-state index is 15.0. The van der Waals surface area contributed by atoms with Crippen LogP contribution in [0, 0.1) is 5.82 Å². The molecule has 1 aromatic heterocycles. The van der Waals surface area contributed by atoms with Crippen LogP contribution in [-0.2, 0) is 17.5 Å². The molecule has 0 atom stereocenters. The Kier molecular flexibility index (Phi) is 8.29. The number of carbonyl (C=O) groups excluding carboxylic acids is 1. The van der Waals surface area contributed by atoms with Crippen LogP contribution in [0.4, 0.5) is 23.2 Å². The normalized spacial score (nSPS) is 15.3. The van der Waals surface area contributed by atoms with Crippen LogP contribution in [0.3, 0.4) is 0 Å². The third-order valence-electron chi connectivity index (χ3n) is 6.85. The molecule has 0 bridgehead atoms. The van der Waals surface area contributed by atoms with Crippen molar-refractivity contribution in [3.63, 3.8) is 0 Å². The highest BCUT2D eigenvalue weighted by Gasteiger charge is 2.32. The molecule has 0 radical (unpaired) electrons. The van der Waals surface area contributed by atoms with E-state index in [0.717, 1.165) is 55.0 Å². The maximum atomic E-state index is 15.0. The molecule has 4 rings (SSSR count). The van der Waals surface area contributed by atoms with Gasteiger partial charge in [0.2, 0.25) is 5.91 Å². The summed E-state index contributed by atoms with van der Waals surface area (Å²) in [5.74, 6) is -1.91. The van der Waals surface area contributed by atoms with Crippen LogP contribution in [-0.4, -0.2) is 58.6 Å². The van der Waals surface area contributed by atoms with E-state index >= 15 is 0 Å². The fraction of sp³-hybridized carbons (Fsp3) is 0.464. The molecule has 1 amide bonds. The minimum absolute atomic E-state index is 0.215. The molecular weight excluding hydrogens is 514 g/mol. The minimum Gasteiger partial charge on any atom is -0.370 e. The number of hydrogen-bond donors (Lipinski definition) is 1. The second-order valence-electron chi connectivity index (χ2n) is 10.4. The molecule has 210 valence electrons. The number of aromatic nitrogens is 2. The van der Waals surface area contributed by atoms with Crippen molar-refractivity contribution >= 4 is 22.5 Å². The number of nitrogens with zero attached hydrogens (tertiary/aromatic N) is 4. The number of hydrogen-bond acceptors (Lipinski definition) is 5. The van der Waals surface area contributed by atoms with Crippen molar-refractivity contribution in [2.45, 2.75) is 58.9 Å². The van der Waals surface area contributed by atoms with Crippen molar-refractivity contribution in [3.05, 3.63) is 58.1 Å². The summed E-state index contributed by atoms with van der Waals surface area (Å²) in [5, 5.41) is 2.93. The minimum atomic E-state index is -4.73. The molecule has 11 heteroatoms. The van der Waals surface area contributed by atoms with Gasteiger partial charge in [-0.2, -0.15) is 13.2 Å². The van der Waals surface area contributed by atoms with E-state index in [1.807, 2.05) is 6.07 Å². The molecule has 1 aliphatic heterocycles. The van der Waals surface area contributed by atoms with Crippen molar-refractivity contribution in [2.24, 2.45) is 0 Å². The fourth-order valence-corrected chi connectivity index (χ4v) is 4.85. The van der Waals surface area contributed by atoms with Crippen molar-refractivity contribution in [1.82, 2.24) is 19.8 Å². The van der Waals surface area contributed by atoms with Gasteiger partial charge in [-0.3, -0.25) is 19.1 Å². The topological polar surface area (TPSA) is 70.5 Å². The second-order valence-corrected chi connectivity index (χ2v) is 10.4.